The number of nitrogens with two attached hydrogens (primary N) is 2. The summed E-state index contributed by atoms with van der Waals surface area (Å²) in [5.41, 5.74) is 9.60. The highest BCUT2D eigenvalue weighted by atomic mass is 16.4. The van der Waals surface area contributed by atoms with Gasteiger partial charge in [-0.3, -0.25) is 14.4 Å². The van der Waals surface area contributed by atoms with E-state index in [1.807, 2.05) is 0 Å². The van der Waals surface area contributed by atoms with Crippen LogP contribution < -0.4 is 16.8 Å². The molecular weight excluding hydrogens is 262 g/mol. The van der Waals surface area contributed by atoms with Gasteiger partial charge in [-0.1, -0.05) is 0 Å². The molecule has 0 aliphatic heterocycles. The third-order valence-corrected chi connectivity index (χ3v) is 1.23. The highest BCUT2D eigenvalue weighted by Gasteiger charge is 2.07. The average Bonchev–Trinajstić information content (AvgIpc) is 2.29. The highest BCUT2D eigenvalue weighted by Crippen LogP contribution is 1.71. The van der Waals surface area contributed by atoms with E-state index in [0.717, 1.165) is 0 Å². The van der Waals surface area contributed by atoms with Gasteiger partial charge < -0.3 is 37.2 Å². The number of likely N-dealkylation sites (N-methyl/N-ethyl adjacent to an activating group) is 1. The lowest BCUT2D eigenvalue weighted by Gasteiger charge is -1.96. The van der Waals surface area contributed by atoms with Crippen LogP contribution in [0.15, 0.2) is 0 Å². The molecule has 114 valence electrons. The van der Waals surface area contributed by atoms with Crippen molar-refractivity contribution in [2.45, 2.75) is 19.0 Å². The lowest BCUT2D eigenvalue weighted by atomic mass is 10.3. The van der Waals surface area contributed by atoms with E-state index < -0.39 is 36.6 Å². The molecule has 0 rings (SSSR count). The van der Waals surface area contributed by atoms with E-state index in [0.29, 0.717) is 0 Å². The molecule has 0 heterocycles. The van der Waals surface area contributed by atoms with E-state index in [2.05, 4.69) is 5.32 Å². The minimum atomic E-state index is -1.18. The fourth-order valence-electron chi connectivity index (χ4n) is 0.229. The normalized spacial score (nSPS) is 11.8. The van der Waals surface area contributed by atoms with Crippen molar-refractivity contribution in [2.24, 2.45) is 11.5 Å². The van der Waals surface area contributed by atoms with E-state index in [9.17, 15) is 14.4 Å². The first-order valence-corrected chi connectivity index (χ1v) is 5.04. The molecule has 10 nitrogen and oxygen atoms in total. The third kappa shape index (κ3) is 26.1. The first kappa shape index (κ1) is 22.4. The van der Waals surface area contributed by atoms with Crippen LogP contribution in [0, 0.1) is 0 Å². The zero-order chi connectivity index (χ0) is 16.0. The number of carboxylic acids is 3. The summed E-state index contributed by atoms with van der Waals surface area (Å²) in [4.78, 5) is 28.8. The molecule has 10 heteroatoms. The first-order chi connectivity index (χ1) is 8.59. The van der Waals surface area contributed by atoms with Gasteiger partial charge >= 0.3 is 17.9 Å². The molecule has 0 aromatic heterocycles. The van der Waals surface area contributed by atoms with Gasteiger partial charge in [0.2, 0.25) is 0 Å². The molecule has 0 aliphatic carbocycles. The summed E-state index contributed by atoms with van der Waals surface area (Å²) in [6.07, 6.45) is 0. The molecule has 0 saturated heterocycles. The molecule has 0 aromatic carbocycles. The zero-order valence-electron chi connectivity index (χ0n) is 10.7. The lowest BCUT2D eigenvalue weighted by Crippen LogP contribution is -2.33. The lowest BCUT2D eigenvalue weighted by molar-refractivity contribution is -0.139. The number of rotatable bonds is 5. The molecule has 0 radical (unpaired) electrons. The Morgan fingerprint density at radius 2 is 1.47 bits per heavy atom. The molecule has 0 unspecified atom stereocenters. The van der Waals surface area contributed by atoms with Crippen molar-refractivity contribution >= 4 is 17.9 Å². The van der Waals surface area contributed by atoms with Gasteiger partial charge in [0.15, 0.2) is 0 Å². The Morgan fingerprint density at radius 3 is 1.47 bits per heavy atom. The number of aliphatic hydroxyl groups is 1. The Morgan fingerprint density at radius 1 is 1.11 bits per heavy atom. The van der Waals surface area contributed by atoms with Gasteiger partial charge in [0, 0.05) is 0 Å². The van der Waals surface area contributed by atoms with Crippen LogP contribution in [0.5, 0.6) is 0 Å². The third-order valence-electron chi connectivity index (χ3n) is 1.23. The van der Waals surface area contributed by atoms with Gasteiger partial charge in [0.25, 0.3) is 0 Å². The maximum Gasteiger partial charge on any atom is 0.322 e. The minimum absolute atomic E-state index is 0.0417. The predicted octanol–water partition coefficient (Wildman–Crippen LogP) is -2.90. The molecule has 0 aromatic rings. The van der Waals surface area contributed by atoms with Gasteiger partial charge in [-0.2, -0.15) is 0 Å². The average molecular weight is 283 g/mol. The van der Waals surface area contributed by atoms with Crippen LogP contribution >= 0.6 is 0 Å². The molecule has 0 amide bonds. The summed E-state index contributed by atoms with van der Waals surface area (Å²) in [5, 5.41) is 34.1. The van der Waals surface area contributed by atoms with E-state index in [1.165, 1.54) is 6.92 Å². The van der Waals surface area contributed by atoms with Gasteiger partial charge in [-0.25, -0.2) is 0 Å². The highest BCUT2D eigenvalue weighted by molar-refractivity contribution is 5.73. The quantitative estimate of drug-likeness (QED) is 0.275. The number of hydrogen-bond acceptors (Lipinski definition) is 7. The maximum atomic E-state index is 9.65. The van der Waals surface area contributed by atoms with Crippen LogP contribution in [0.25, 0.3) is 0 Å². The Balaban J connectivity index is -0.000000203. The molecule has 0 aliphatic rings. The Labute approximate surface area is 110 Å². The standard InChI is InChI=1S/C3H7NO3.2C3H7NO2/c4-2(1-5)3(6)7;1-4-2-3(5)6;1-2(4)3(5)6/h2,5H,1,4H2,(H,6,7);4H,2H2,1H3,(H,5,6);2H,4H2,1H3,(H,5,6)/t2-;;2-/m1.1/s1. The number of carboxylic acid groups (broad SMARTS) is 3. The summed E-state index contributed by atoms with van der Waals surface area (Å²) < 4.78 is 0. The SMILES string of the molecule is CNCC(=O)O.C[C@@H](N)C(=O)O.N[C@H](CO)C(=O)O. The summed E-state index contributed by atoms with van der Waals surface area (Å²) in [6.45, 7) is 0.956. The fourth-order valence-corrected chi connectivity index (χ4v) is 0.229. The number of aliphatic carboxylic acids is 3. The van der Waals surface area contributed by atoms with Crippen LogP contribution in [0.2, 0.25) is 0 Å². The minimum Gasteiger partial charge on any atom is -0.480 e. The van der Waals surface area contributed by atoms with Gasteiger partial charge in [-0.05, 0) is 14.0 Å². The van der Waals surface area contributed by atoms with Crippen molar-refractivity contribution in [2.75, 3.05) is 20.2 Å². The Kier molecular flexibility index (Phi) is 16.9. The second-order valence-corrected chi connectivity index (χ2v) is 3.18. The molecule has 2 atom stereocenters. The maximum absolute atomic E-state index is 9.65. The smallest absolute Gasteiger partial charge is 0.322 e. The van der Waals surface area contributed by atoms with Crippen molar-refractivity contribution in [1.29, 1.82) is 0 Å². The van der Waals surface area contributed by atoms with Crippen molar-refractivity contribution in [3.8, 4) is 0 Å². The predicted molar refractivity (Wildman–Crippen MR) is 65.5 cm³/mol. The van der Waals surface area contributed by atoms with Gasteiger partial charge in [-0.15, -0.1) is 0 Å². The summed E-state index contributed by atoms with van der Waals surface area (Å²) >= 11 is 0. The number of nitrogens with one attached hydrogen (secondary N) is 1. The van der Waals surface area contributed by atoms with Crippen LogP contribution in [-0.2, 0) is 14.4 Å². The van der Waals surface area contributed by atoms with E-state index >= 15 is 0 Å². The summed E-state index contributed by atoms with van der Waals surface area (Å²) in [5.74, 6) is -2.96. The van der Waals surface area contributed by atoms with E-state index in [1.54, 1.807) is 7.05 Å². The molecule has 19 heavy (non-hydrogen) atoms. The van der Waals surface area contributed by atoms with Crippen LogP contribution in [0.1, 0.15) is 6.92 Å². The number of aliphatic hydroxyl groups excluding tert-OH is 1. The molecule has 0 fully saturated rings. The van der Waals surface area contributed by atoms with Crippen LogP contribution in [0.4, 0.5) is 0 Å². The second kappa shape index (κ2) is 14.3. The molecule has 0 spiro atoms. The molecule has 9 N–H and O–H groups in total. The molecule has 0 saturated carbocycles. The first-order valence-electron chi connectivity index (χ1n) is 5.04. The zero-order valence-corrected chi connectivity index (χ0v) is 10.7. The Bertz CT molecular complexity index is 271. The fraction of sp³-hybridized carbons (Fsp3) is 0.667. The molecular formula is C9H21N3O7. The van der Waals surface area contributed by atoms with Crippen LogP contribution in [-0.4, -0.2) is 70.6 Å². The van der Waals surface area contributed by atoms with Crippen LogP contribution in [0.3, 0.4) is 0 Å². The monoisotopic (exact) mass is 283 g/mol. The van der Waals surface area contributed by atoms with E-state index in [-0.39, 0.29) is 6.54 Å². The van der Waals surface area contributed by atoms with Crippen molar-refractivity contribution in [3.05, 3.63) is 0 Å². The van der Waals surface area contributed by atoms with Crippen molar-refractivity contribution < 1.29 is 34.8 Å². The van der Waals surface area contributed by atoms with E-state index in [4.69, 9.17) is 31.9 Å². The number of carbonyl (C=O) groups is 3. The number of hydrogen-bond donors (Lipinski definition) is 7. The van der Waals surface area contributed by atoms with Gasteiger partial charge in [0.1, 0.15) is 12.1 Å². The summed E-state index contributed by atoms with van der Waals surface area (Å²) in [6, 6.07) is -1.86. The Hall–Kier alpha value is -1.75. The molecule has 0 bridgehead atoms. The summed E-state index contributed by atoms with van der Waals surface area (Å²) in [7, 11) is 1.59. The largest absolute Gasteiger partial charge is 0.480 e. The van der Waals surface area contributed by atoms with Gasteiger partial charge in [0.05, 0.1) is 13.2 Å². The second-order valence-electron chi connectivity index (χ2n) is 3.18. The topological polar surface area (TPSA) is 196 Å². The van der Waals surface area contributed by atoms with Crippen molar-refractivity contribution in [3.63, 3.8) is 0 Å². The van der Waals surface area contributed by atoms with Crippen molar-refractivity contribution in [1.82, 2.24) is 5.32 Å².